The molecule has 1 aliphatic rings. The summed E-state index contributed by atoms with van der Waals surface area (Å²) in [5.74, 6) is 1.35. The fourth-order valence-electron chi connectivity index (χ4n) is 4.08. The van der Waals surface area contributed by atoms with Gasteiger partial charge >= 0.3 is 18.9 Å². The van der Waals surface area contributed by atoms with Crippen molar-refractivity contribution < 1.29 is 31.8 Å². The fourth-order valence-corrected chi connectivity index (χ4v) is 7.33. The second-order valence-electron chi connectivity index (χ2n) is 8.34. The number of nitrogens with zero attached hydrogens (tertiary/aromatic N) is 1. The molecule has 2 aromatic rings. The third-order valence-electron chi connectivity index (χ3n) is 5.78. The molecule has 0 atom stereocenters. The van der Waals surface area contributed by atoms with E-state index in [2.05, 4.69) is 67.4 Å². The molecule has 0 unspecified atom stereocenters. The zero-order valence-corrected chi connectivity index (χ0v) is 23.0. The first kappa shape index (κ1) is 29.4. The standard InChI is InChI=1S/C26H35NO3S3.Li/c1-3-4-5-6-7-12-18-31-26(32-19-13-20-33(28,29)30)25-21-14-8-10-16-23(21)27(2)24-17-11-9-15-22(24)25;/h8-11,14-17H,3-7,12-13,18-20H2,1-2H3,(H,28,29,30);/q;+1/p-1. The molecule has 1 heterocycles. The van der Waals surface area contributed by atoms with E-state index in [0.717, 1.165) is 5.75 Å². The minimum Gasteiger partial charge on any atom is -0.748 e. The Balaban J connectivity index is 0.00000408. The molecule has 4 nitrogen and oxygen atoms in total. The molecule has 3 rings (SSSR count). The maximum atomic E-state index is 11.1. The number of hydrogen-bond acceptors (Lipinski definition) is 6. The zero-order chi connectivity index (χ0) is 23.7. The normalized spacial score (nSPS) is 12.7. The Morgan fingerprint density at radius 1 is 0.824 bits per heavy atom. The van der Waals surface area contributed by atoms with Gasteiger partial charge in [0.1, 0.15) is 0 Å². The van der Waals surface area contributed by atoms with Crippen LogP contribution in [0.25, 0.3) is 5.57 Å². The average Bonchev–Trinajstić information content (AvgIpc) is 2.80. The van der Waals surface area contributed by atoms with Crippen LogP contribution in [0.15, 0.2) is 52.8 Å². The Labute approximate surface area is 226 Å². The number of thioether (sulfide) groups is 2. The van der Waals surface area contributed by atoms with E-state index in [9.17, 15) is 13.0 Å². The minimum atomic E-state index is -4.18. The van der Waals surface area contributed by atoms with Crippen LogP contribution in [0, 0.1) is 0 Å². The Morgan fingerprint density at radius 2 is 1.32 bits per heavy atom. The first-order chi connectivity index (χ1) is 15.9. The van der Waals surface area contributed by atoms with Crippen molar-refractivity contribution in [2.75, 3.05) is 29.2 Å². The first-order valence-corrected chi connectivity index (χ1v) is 15.3. The van der Waals surface area contributed by atoms with E-state index in [1.807, 2.05) is 11.8 Å². The smallest absolute Gasteiger partial charge is 0.748 e. The molecule has 1 aliphatic heterocycles. The van der Waals surface area contributed by atoms with Crippen LogP contribution < -0.4 is 23.8 Å². The van der Waals surface area contributed by atoms with Crippen LogP contribution in [0.5, 0.6) is 0 Å². The van der Waals surface area contributed by atoms with Crippen LogP contribution in [-0.4, -0.2) is 37.3 Å². The molecular formula is C26H34LiNO3S3. The summed E-state index contributed by atoms with van der Waals surface area (Å²) in [6, 6.07) is 16.9. The van der Waals surface area contributed by atoms with Crippen LogP contribution in [0.1, 0.15) is 63.0 Å². The Bertz CT molecular complexity index is 1010. The maximum Gasteiger partial charge on any atom is 1.00 e. The molecule has 0 amide bonds. The topological polar surface area (TPSA) is 60.4 Å². The second kappa shape index (κ2) is 14.7. The van der Waals surface area contributed by atoms with Gasteiger partial charge in [0, 0.05) is 45.1 Å². The Kier molecular flexibility index (Phi) is 12.7. The molecule has 0 aromatic heterocycles. The molecule has 0 N–H and O–H groups in total. The summed E-state index contributed by atoms with van der Waals surface area (Å²) in [4.78, 5) is 2.23. The van der Waals surface area contributed by atoms with Gasteiger partial charge in [-0.25, -0.2) is 8.42 Å². The third-order valence-corrected chi connectivity index (χ3v) is 9.19. The summed E-state index contributed by atoms with van der Waals surface area (Å²) >= 11 is 3.56. The zero-order valence-electron chi connectivity index (χ0n) is 20.6. The van der Waals surface area contributed by atoms with Gasteiger partial charge in [-0.3, -0.25) is 0 Å². The van der Waals surface area contributed by atoms with Crippen LogP contribution in [-0.2, 0) is 10.1 Å². The quantitative estimate of drug-likeness (QED) is 0.228. The van der Waals surface area contributed by atoms with E-state index >= 15 is 0 Å². The van der Waals surface area contributed by atoms with E-state index in [0.29, 0.717) is 12.2 Å². The molecule has 0 saturated carbocycles. The SMILES string of the molecule is CCCCCCCCSC(SCCCS(=O)(=O)[O-])=C1c2ccccc2N(C)c2ccccc21.[Li+]. The van der Waals surface area contributed by atoms with E-state index in [1.165, 1.54) is 70.8 Å². The van der Waals surface area contributed by atoms with Gasteiger partial charge in [0.25, 0.3) is 0 Å². The third kappa shape index (κ3) is 8.39. The van der Waals surface area contributed by atoms with Gasteiger partial charge in [-0.1, -0.05) is 75.4 Å². The number of para-hydroxylation sites is 2. The van der Waals surface area contributed by atoms with Crippen LogP contribution >= 0.6 is 23.5 Å². The molecule has 0 aliphatic carbocycles. The molecule has 2 aromatic carbocycles. The van der Waals surface area contributed by atoms with Crippen molar-refractivity contribution in [1.29, 1.82) is 0 Å². The average molecular weight is 512 g/mol. The van der Waals surface area contributed by atoms with E-state index in [-0.39, 0.29) is 24.6 Å². The number of hydrogen-bond donors (Lipinski definition) is 0. The van der Waals surface area contributed by atoms with Crippen LogP contribution in [0.2, 0.25) is 0 Å². The van der Waals surface area contributed by atoms with Gasteiger partial charge in [-0.15, -0.1) is 23.5 Å². The Hall–Kier alpha value is -0.813. The van der Waals surface area contributed by atoms with Gasteiger partial charge < -0.3 is 9.45 Å². The predicted octanol–water partition coefficient (Wildman–Crippen LogP) is 4.25. The largest absolute Gasteiger partial charge is 1.00 e. The molecule has 0 bridgehead atoms. The van der Waals surface area contributed by atoms with E-state index in [4.69, 9.17) is 0 Å². The number of anilines is 2. The summed E-state index contributed by atoms with van der Waals surface area (Å²) in [5.41, 5.74) is 5.98. The van der Waals surface area contributed by atoms with Gasteiger partial charge in [0.05, 0.1) is 10.1 Å². The first-order valence-electron chi connectivity index (χ1n) is 11.8. The fraction of sp³-hybridized carbons (Fsp3) is 0.462. The second-order valence-corrected chi connectivity index (χ2v) is 12.3. The van der Waals surface area contributed by atoms with E-state index in [1.54, 1.807) is 11.8 Å². The van der Waals surface area contributed by atoms with E-state index < -0.39 is 10.1 Å². The van der Waals surface area contributed by atoms with Gasteiger partial charge in [-0.2, -0.15) is 0 Å². The van der Waals surface area contributed by atoms with Gasteiger partial charge in [-0.05, 0) is 36.5 Å². The molecule has 0 spiro atoms. The van der Waals surface area contributed by atoms with Crippen LogP contribution in [0.3, 0.4) is 0 Å². The van der Waals surface area contributed by atoms with Crippen molar-refractivity contribution in [2.24, 2.45) is 0 Å². The summed E-state index contributed by atoms with van der Waals surface area (Å²) in [5, 5.41) is 0. The molecule has 0 saturated heterocycles. The molecule has 0 fully saturated rings. The molecule has 180 valence electrons. The molecular weight excluding hydrogens is 477 g/mol. The van der Waals surface area contributed by atoms with Crippen molar-refractivity contribution in [2.45, 2.75) is 51.9 Å². The van der Waals surface area contributed by atoms with Crippen molar-refractivity contribution in [1.82, 2.24) is 0 Å². The summed E-state index contributed by atoms with van der Waals surface area (Å²) < 4.78 is 34.4. The number of unbranched alkanes of at least 4 members (excludes halogenated alkanes) is 5. The summed E-state index contributed by atoms with van der Waals surface area (Å²) in [6.45, 7) is 2.24. The summed E-state index contributed by atoms with van der Waals surface area (Å²) in [6.07, 6.45) is 7.93. The number of benzene rings is 2. The van der Waals surface area contributed by atoms with Crippen molar-refractivity contribution in [3.8, 4) is 0 Å². The van der Waals surface area contributed by atoms with Crippen LogP contribution in [0.4, 0.5) is 11.4 Å². The van der Waals surface area contributed by atoms with Gasteiger partial charge in [0.2, 0.25) is 0 Å². The van der Waals surface area contributed by atoms with Crippen molar-refractivity contribution in [3.05, 3.63) is 63.9 Å². The molecule has 0 radical (unpaired) electrons. The molecule has 8 heteroatoms. The van der Waals surface area contributed by atoms with Crippen molar-refractivity contribution >= 4 is 50.6 Å². The molecule has 34 heavy (non-hydrogen) atoms. The number of rotatable bonds is 13. The minimum absolute atomic E-state index is 0. The van der Waals surface area contributed by atoms with Crippen molar-refractivity contribution in [3.63, 3.8) is 0 Å². The number of fused-ring (bicyclic) bond motifs is 2. The van der Waals surface area contributed by atoms with Gasteiger partial charge in [0.15, 0.2) is 0 Å². The summed E-state index contributed by atoms with van der Waals surface area (Å²) in [7, 11) is -2.08. The maximum absolute atomic E-state index is 11.1. The Morgan fingerprint density at radius 3 is 1.88 bits per heavy atom. The monoisotopic (exact) mass is 511 g/mol. The predicted molar refractivity (Wildman–Crippen MR) is 144 cm³/mol.